The molecule has 0 atom stereocenters. The molecule has 0 saturated carbocycles. The van der Waals surface area contributed by atoms with Crippen LogP contribution < -0.4 is 0 Å². The minimum atomic E-state index is 0. The van der Waals surface area contributed by atoms with Crippen molar-refractivity contribution in [2.75, 3.05) is 0 Å². The van der Waals surface area contributed by atoms with Gasteiger partial charge in [-0.2, -0.15) is 0 Å². The molecule has 0 heterocycles. The van der Waals surface area contributed by atoms with Crippen LogP contribution in [-0.4, -0.2) is 21.9 Å². The first-order valence-corrected chi connectivity index (χ1v) is 0.224. The summed E-state index contributed by atoms with van der Waals surface area (Å²) in [5.74, 6) is 0. The van der Waals surface area contributed by atoms with Crippen molar-refractivity contribution in [2.45, 2.75) is 0 Å². The average Bonchev–Trinajstić information content (AvgIpc) is 1.00. The van der Waals surface area contributed by atoms with Gasteiger partial charge in [-0.3, -0.25) is 0 Å². The van der Waals surface area contributed by atoms with Gasteiger partial charge >= 0.3 is 0 Å². The first-order chi connectivity index (χ1) is 1.00. The fourth-order valence-corrected chi connectivity index (χ4v) is 0. The zero-order valence-corrected chi connectivity index (χ0v) is 4.25. The van der Waals surface area contributed by atoms with Crippen LogP contribution in [0.2, 0.25) is 0 Å². The normalized spacial score (nSPS) is 0.286. The van der Waals surface area contributed by atoms with Crippen LogP contribution in [0.5, 0.6) is 0 Å². The predicted octanol–water partition coefficient (Wildman–Crippen LogP) is -3.20. The Kier molecular flexibility index (Phi) is 212000. The van der Waals surface area contributed by atoms with E-state index in [9.17, 15) is 0 Å². The summed E-state index contributed by atoms with van der Waals surface area (Å²) in [7, 11) is 0. The maximum Gasteiger partial charge on any atom is 0 e. The minimum absolute atomic E-state index is 0. The van der Waals surface area contributed by atoms with Gasteiger partial charge in [0, 0.05) is 16.5 Å². The van der Waals surface area contributed by atoms with Crippen molar-refractivity contribution in [3.63, 3.8) is 0 Å². The van der Waals surface area contributed by atoms with E-state index in [4.69, 9.17) is 11.8 Å². The van der Waals surface area contributed by atoms with Gasteiger partial charge in [-0.1, -0.05) is 0 Å². The molecule has 0 amide bonds. The number of hydrogen-bond acceptors (Lipinski definition) is 1. The molecule has 0 aliphatic heterocycles. The molecular formula is CH8NNiO4-. The van der Waals surface area contributed by atoms with E-state index in [1.807, 2.05) is 0 Å². The van der Waals surface area contributed by atoms with Crippen molar-refractivity contribution >= 4 is 0 Å². The molecule has 0 rings (SSSR count). The molecule has 0 aromatic carbocycles. The predicted molar refractivity (Wildman–Crippen MR) is 19.4 cm³/mol. The average molecular weight is 157 g/mol. The molecule has 0 unspecified atom stereocenters. The summed E-state index contributed by atoms with van der Waals surface area (Å²) in [6.45, 7) is 4.75. The van der Waals surface area contributed by atoms with Gasteiger partial charge < -0.3 is 33.7 Å². The fourth-order valence-electron chi connectivity index (χ4n) is 0. The standard InChI is InChI=1S/CN.Ni.4H2O/c1-2;;;;;/h;;4*1H2/q-1;;;;;. The molecule has 0 aliphatic carbocycles. The number of hydrogen-bond donors (Lipinski definition) is 0. The zero-order chi connectivity index (χ0) is 2.00. The quantitative estimate of drug-likeness (QED) is 0.263. The Hall–Kier alpha value is -0.176. The largest absolute Gasteiger partial charge is 0.512 e. The van der Waals surface area contributed by atoms with Crippen LogP contribution in [-0.2, 0) is 16.5 Å². The van der Waals surface area contributed by atoms with E-state index in [-0.39, 0.29) is 38.4 Å². The second kappa shape index (κ2) is 4350. The second-order valence-electron chi connectivity index (χ2n) is 0. The Morgan fingerprint density at radius 2 is 0.714 bits per heavy atom. The van der Waals surface area contributed by atoms with E-state index < -0.39 is 0 Å². The van der Waals surface area contributed by atoms with Crippen molar-refractivity contribution in [3.8, 4) is 0 Å². The van der Waals surface area contributed by atoms with E-state index in [2.05, 4.69) is 0 Å². The minimum Gasteiger partial charge on any atom is -0.512 e. The van der Waals surface area contributed by atoms with Gasteiger partial charge in [0.05, 0.1) is 0 Å². The Morgan fingerprint density at radius 1 is 0.714 bits per heavy atom. The molecule has 0 aromatic heterocycles. The zero-order valence-electron chi connectivity index (χ0n) is 3.26. The Bertz CT molecular complexity index is 16.4. The fraction of sp³-hybridized carbons (Fsp3) is 0. The summed E-state index contributed by atoms with van der Waals surface area (Å²) in [6.07, 6.45) is 0. The summed E-state index contributed by atoms with van der Waals surface area (Å²) < 4.78 is 0. The van der Waals surface area contributed by atoms with Gasteiger partial charge in [-0.15, -0.1) is 0 Å². The van der Waals surface area contributed by atoms with E-state index >= 15 is 0 Å². The first kappa shape index (κ1) is 341. The third kappa shape index (κ3) is 2730. The van der Waals surface area contributed by atoms with Crippen LogP contribution in [0.3, 0.4) is 0 Å². The third-order valence-electron chi connectivity index (χ3n) is 0. The van der Waals surface area contributed by atoms with Crippen LogP contribution >= 0.6 is 0 Å². The van der Waals surface area contributed by atoms with Gasteiger partial charge in [0.1, 0.15) is 0 Å². The number of nitrogens with zero attached hydrogens (tertiary/aromatic N) is 1. The van der Waals surface area contributed by atoms with Crippen LogP contribution in [0.1, 0.15) is 0 Å². The number of rotatable bonds is 0. The van der Waals surface area contributed by atoms with Crippen molar-refractivity contribution < 1.29 is 38.4 Å². The van der Waals surface area contributed by atoms with Gasteiger partial charge in [-0.25, -0.2) is 0 Å². The molecule has 52 valence electrons. The molecule has 0 aromatic rings. The Labute approximate surface area is 51.1 Å². The van der Waals surface area contributed by atoms with Crippen molar-refractivity contribution in [1.82, 2.24) is 0 Å². The molecule has 0 saturated heterocycles. The SMILES string of the molecule is O.O.O.O.[C-]#N.[Ni]. The smallest absolute Gasteiger partial charge is 0 e. The van der Waals surface area contributed by atoms with Crippen molar-refractivity contribution in [3.05, 3.63) is 6.57 Å². The summed E-state index contributed by atoms with van der Waals surface area (Å²) >= 11 is 0. The van der Waals surface area contributed by atoms with E-state index in [1.165, 1.54) is 0 Å². The molecule has 0 fully saturated rings. The Balaban J connectivity index is -0.000000000500. The van der Waals surface area contributed by atoms with Gasteiger partial charge in [0.2, 0.25) is 0 Å². The summed E-state index contributed by atoms with van der Waals surface area (Å²) in [4.78, 5) is 0. The second-order valence-corrected chi connectivity index (χ2v) is 0. The molecular weight excluding hydrogens is 149 g/mol. The van der Waals surface area contributed by atoms with Gasteiger partial charge in [0.25, 0.3) is 0 Å². The summed E-state index contributed by atoms with van der Waals surface area (Å²) in [5.41, 5.74) is 0. The van der Waals surface area contributed by atoms with Crippen LogP contribution in [0.4, 0.5) is 0 Å². The maximum atomic E-state index is 6.25. The van der Waals surface area contributed by atoms with E-state index in [0.29, 0.717) is 0 Å². The monoisotopic (exact) mass is 156 g/mol. The molecule has 8 N–H and O–H groups in total. The van der Waals surface area contributed by atoms with Crippen LogP contribution in [0.25, 0.3) is 0 Å². The molecule has 0 aliphatic rings. The molecule has 0 radical (unpaired) electrons. The van der Waals surface area contributed by atoms with Crippen molar-refractivity contribution in [1.29, 1.82) is 5.26 Å². The van der Waals surface area contributed by atoms with Crippen LogP contribution in [0, 0.1) is 11.8 Å². The maximum absolute atomic E-state index is 6.25. The van der Waals surface area contributed by atoms with Gasteiger partial charge in [0.15, 0.2) is 0 Å². The van der Waals surface area contributed by atoms with Crippen molar-refractivity contribution in [2.24, 2.45) is 0 Å². The van der Waals surface area contributed by atoms with E-state index in [0.717, 1.165) is 0 Å². The third-order valence-corrected chi connectivity index (χ3v) is 0. The summed E-state index contributed by atoms with van der Waals surface area (Å²) in [6, 6.07) is 0. The molecule has 0 bridgehead atoms. The molecule has 0 spiro atoms. The van der Waals surface area contributed by atoms with E-state index in [1.54, 1.807) is 0 Å². The van der Waals surface area contributed by atoms with Crippen LogP contribution in [0.15, 0.2) is 0 Å². The molecule has 6 heteroatoms. The topological polar surface area (TPSA) is 150 Å². The molecule has 5 nitrogen and oxygen atoms in total. The Morgan fingerprint density at radius 3 is 0.714 bits per heavy atom. The molecule has 7 heavy (non-hydrogen) atoms. The summed E-state index contributed by atoms with van der Waals surface area (Å²) in [5, 5.41) is 6.25. The van der Waals surface area contributed by atoms with Gasteiger partial charge in [-0.05, 0) is 0 Å². The first-order valence-electron chi connectivity index (χ1n) is 0.224.